The molecule has 1 aromatic rings. The minimum Gasteiger partial charge on any atom is -0.380 e. The van der Waals surface area contributed by atoms with Gasteiger partial charge in [-0.1, -0.05) is 24.6 Å². The van der Waals surface area contributed by atoms with Gasteiger partial charge in [0.1, 0.15) is 0 Å². The standard InChI is InChI=1S/C13H21ClN2O3S/c1-4-15-9-11-5-6-12(7-13(11)14)20(17,18)16-8-10(2)19-3/h5-7,10,15-16H,4,8-9H2,1-3H3. The fraction of sp³-hybridized carbons (Fsp3) is 0.538. The van der Waals surface area contributed by atoms with Crippen LogP contribution in [0.3, 0.4) is 0 Å². The maximum Gasteiger partial charge on any atom is 0.240 e. The average molecular weight is 321 g/mol. The number of hydrogen-bond donors (Lipinski definition) is 2. The summed E-state index contributed by atoms with van der Waals surface area (Å²) in [7, 11) is -2.03. The Kier molecular flexibility index (Phi) is 6.91. The van der Waals surface area contributed by atoms with E-state index in [0.29, 0.717) is 11.6 Å². The summed E-state index contributed by atoms with van der Waals surface area (Å²) < 4.78 is 31.7. The van der Waals surface area contributed by atoms with Gasteiger partial charge in [0.2, 0.25) is 10.0 Å². The van der Waals surface area contributed by atoms with Gasteiger partial charge >= 0.3 is 0 Å². The van der Waals surface area contributed by atoms with Crippen LogP contribution in [0.4, 0.5) is 0 Å². The minimum atomic E-state index is -3.56. The van der Waals surface area contributed by atoms with E-state index < -0.39 is 10.0 Å². The number of nitrogens with one attached hydrogen (secondary N) is 2. The fourth-order valence-corrected chi connectivity index (χ4v) is 2.94. The summed E-state index contributed by atoms with van der Waals surface area (Å²) in [5.41, 5.74) is 0.873. The van der Waals surface area contributed by atoms with Crippen molar-refractivity contribution in [3.63, 3.8) is 0 Å². The van der Waals surface area contributed by atoms with Crippen LogP contribution in [0.1, 0.15) is 19.4 Å². The molecule has 20 heavy (non-hydrogen) atoms. The first-order chi connectivity index (χ1) is 9.40. The topological polar surface area (TPSA) is 67.4 Å². The third-order valence-electron chi connectivity index (χ3n) is 2.86. The van der Waals surface area contributed by atoms with Crippen LogP contribution < -0.4 is 10.0 Å². The smallest absolute Gasteiger partial charge is 0.240 e. The first-order valence-electron chi connectivity index (χ1n) is 6.42. The molecule has 1 rings (SSSR count). The number of halogens is 1. The SMILES string of the molecule is CCNCc1ccc(S(=O)(=O)NCC(C)OC)cc1Cl. The van der Waals surface area contributed by atoms with E-state index in [1.54, 1.807) is 19.1 Å². The van der Waals surface area contributed by atoms with Crippen molar-refractivity contribution in [1.29, 1.82) is 0 Å². The Morgan fingerprint density at radius 2 is 2.10 bits per heavy atom. The summed E-state index contributed by atoms with van der Waals surface area (Å²) in [4.78, 5) is 0.158. The molecule has 0 heterocycles. The first kappa shape index (κ1) is 17.4. The van der Waals surface area contributed by atoms with Crippen molar-refractivity contribution >= 4 is 21.6 Å². The molecule has 0 aliphatic carbocycles. The van der Waals surface area contributed by atoms with Crippen molar-refractivity contribution in [3.05, 3.63) is 28.8 Å². The molecule has 0 spiro atoms. The summed E-state index contributed by atoms with van der Waals surface area (Å²) in [6.07, 6.45) is -0.187. The van der Waals surface area contributed by atoms with Crippen LogP contribution >= 0.6 is 11.6 Å². The molecule has 0 bridgehead atoms. The average Bonchev–Trinajstić information content (AvgIpc) is 2.43. The molecule has 0 saturated carbocycles. The second-order valence-electron chi connectivity index (χ2n) is 4.43. The molecule has 0 aliphatic heterocycles. The Labute approximate surface area is 125 Å². The van der Waals surface area contributed by atoms with Gasteiger partial charge in [0.15, 0.2) is 0 Å². The number of methoxy groups -OCH3 is 1. The maximum absolute atomic E-state index is 12.1. The lowest BCUT2D eigenvalue weighted by Gasteiger charge is -2.12. The van der Waals surface area contributed by atoms with Crippen LogP contribution in [0.5, 0.6) is 0 Å². The molecule has 0 aromatic heterocycles. The van der Waals surface area contributed by atoms with Crippen molar-refractivity contribution in [3.8, 4) is 0 Å². The van der Waals surface area contributed by atoms with E-state index in [-0.39, 0.29) is 17.5 Å². The van der Waals surface area contributed by atoms with Gasteiger partial charge in [-0.3, -0.25) is 0 Å². The van der Waals surface area contributed by atoms with E-state index >= 15 is 0 Å². The number of rotatable bonds is 8. The summed E-state index contributed by atoms with van der Waals surface area (Å²) >= 11 is 6.10. The Bertz CT molecular complexity index is 534. The van der Waals surface area contributed by atoms with E-state index in [1.165, 1.54) is 13.2 Å². The zero-order chi connectivity index (χ0) is 15.2. The van der Waals surface area contributed by atoms with Gasteiger partial charge in [0, 0.05) is 25.2 Å². The van der Waals surface area contributed by atoms with E-state index in [9.17, 15) is 8.42 Å². The Morgan fingerprint density at radius 1 is 1.40 bits per heavy atom. The largest absolute Gasteiger partial charge is 0.380 e. The van der Waals surface area contributed by atoms with Crippen molar-refractivity contribution in [2.45, 2.75) is 31.4 Å². The summed E-state index contributed by atoms with van der Waals surface area (Å²) in [5.74, 6) is 0. The molecule has 0 aliphatic rings. The highest BCUT2D eigenvalue weighted by atomic mass is 35.5. The van der Waals surface area contributed by atoms with Crippen LogP contribution in [0.2, 0.25) is 5.02 Å². The van der Waals surface area contributed by atoms with Crippen LogP contribution in [-0.2, 0) is 21.3 Å². The Hall–Kier alpha value is -0.660. The highest BCUT2D eigenvalue weighted by Gasteiger charge is 2.16. The third kappa shape index (κ3) is 5.03. The van der Waals surface area contributed by atoms with Gasteiger partial charge in [-0.15, -0.1) is 0 Å². The van der Waals surface area contributed by atoms with Crippen LogP contribution in [0, 0.1) is 0 Å². The summed E-state index contributed by atoms with van der Waals surface area (Å²) in [6, 6.07) is 4.74. The number of hydrogen-bond acceptors (Lipinski definition) is 4. The minimum absolute atomic E-state index is 0.158. The second kappa shape index (κ2) is 7.95. The van der Waals surface area contributed by atoms with Crippen molar-refractivity contribution in [1.82, 2.24) is 10.0 Å². The lowest BCUT2D eigenvalue weighted by Crippen LogP contribution is -2.31. The molecule has 1 atom stereocenters. The van der Waals surface area contributed by atoms with Gasteiger partial charge in [0.05, 0.1) is 11.0 Å². The van der Waals surface area contributed by atoms with Crippen molar-refractivity contribution in [2.75, 3.05) is 20.2 Å². The maximum atomic E-state index is 12.1. The summed E-state index contributed by atoms with van der Waals surface area (Å²) in [5, 5.41) is 3.58. The third-order valence-corrected chi connectivity index (χ3v) is 4.64. The molecule has 0 radical (unpaired) electrons. The predicted octanol–water partition coefficient (Wildman–Crippen LogP) is 1.76. The molecule has 5 nitrogen and oxygen atoms in total. The molecular formula is C13H21ClN2O3S. The van der Waals surface area contributed by atoms with Crippen LogP contribution in [0.25, 0.3) is 0 Å². The molecule has 114 valence electrons. The molecular weight excluding hydrogens is 300 g/mol. The zero-order valence-corrected chi connectivity index (χ0v) is 13.5. The van der Waals surface area contributed by atoms with E-state index in [0.717, 1.165) is 12.1 Å². The van der Waals surface area contributed by atoms with Gasteiger partial charge < -0.3 is 10.1 Å². The fourth-order valence-electron chi connectivity index (χ4n) is 1.49. The number of sulfonamides is 1. The monoisotopic (exact) mass is 320 g/mol. The van der Waals surface area contributed by atoms with Gasteiger partial charge in [-0.2, -0.15) is 0 Å². The Morgan fingerprint density at radius 3 is 2.65 bits per heavy atom. The van der Waals surface area contributed by atoms with Gasteiger partial charge in [-0.25, -0.2) is 13.1 Å². The quantitative estimate of drug-likeness (QED) is 0.766. The lowest BCUT2D eigenvalue weighted by molar-refractivity contribution is 0.122. The van der Waals surface area contributed by atoms with Crippen LogP contribution in [-0.4, -0.2) is 34.7 Å². The van der Waals surface area contributed by atoms with E-state index in [1.807, 2.05) is 6.92 Å². The first-order valence-corrected chi connectivity index (χ1v) is 8.28. The zero-order valence-electron chi connectivity index (χ0n) is 11.9. The predicted molar refractivity (Wildman–Crippen MR) is 80.5 cm³/mol. The number of benzene rings is 1. The van der Waals surface area contributed by atoms with Gasteiger partial charge in [-0.05, 0) is 31.2 Å². The summed E-state index contributed by atoms with van der Waals surface area (Å²) in [6.45, 7) is 5.44. The molecule has 0 amide bonds. The molecule has 0 saturated heterocycles. The Balaban J connectivity index is 2.83. The lowest BCUT2D eigenvalue weighted by atomic mass is 10.2. The van der Waals surface area contributed by atoms with Crippen LogP contribution in [0.15, 0.2) is 23.1 Å². The number of ether oxygens (including phenoxy) is 1. The van der Waals surface area contributed by atoms with Crippen molar-refractivity contribution in [2.24, 2.45) is 0 Å². The molecule has 1 unspecified atom stereocenters. The normalized spacial score (nSPS) is 13.4. The van der Waals surface area contributed by atoms with E-state index in [2.05, 4.69) is 10.0 Å². The van der Waals surface area contributed by atoms with Crippen molar-refractivity contribution < 1.29 is 13.2 Å². The highest BCUT2D eigenvalue weighted by molar-refractivity contribution is 7.89. The van der Waals surface area contributed by atoms with E-state index in [4.69, 9.17) is 16.3 Å². The molecule has 1 aromatic carbocycles. The molecule has 7 heteroatoms. The molecule has 0 fully saturated rings. The van der Waals surface area contributed by atoms with Gasteiger partial charge in [0.25, 0.3) is 0 Å². The molecule has 2 N–H and O–H groups in total. The second-order valence-corrected chi connectivity index (χ2v) is 6.61. The highest BCUT2D eigenvalue weighted by Crippen LogP contribution is 2.20.